The third kappa shape index (κ3) is 6.91. The van der Waals surface area contributed by atoms with Crippen LogP contribution in [0.4, 0.5) is 5.69 Å². The maximum atomic E-state index is 5.19. The molecule has 2 N–H and O–H groups in total. The third-order valence-corrected chi connectivity index (χ3v) is 9.97. The Morgan fingerprint density at radius 3 is 2.40 bits per heavy atom. The summed E-state index contributed by atoms with van der Waals surface area (Å²) in [6.07, 6.45) is 27.2. The molecular weight excluding hydrogens is 512 g/mol. The molecule has 0 saturated heterocycles. The Kier molecular flexibility index (Phi) is 9.90. The summed E-state index contributed by atoms with van der Waals surface area (Å²) in [5.41, 5.74) is 12.4. The van der Waals surface area contributed by atoms with E-state index < -0.39 is 0 Å². The average Bonchev–Trinajstić information content (AvgIpc) is 2.96. The van der Waals surface area contributed by atoms with Gasteiger partial charge in [0.15, 0.2) is 0 Å². The molecule has 0 amide bonds. The first-order valence-electron chi connectivity index (χ1n) is 17.2. The summed E-state index contributed by atoms with van der Waals surface area (Å²) in [5, 5.41) is 9.28. The number of unbranched alkanes of at least 4 members (excludes halogenated alkanes) is 3. The number of aryl methyl sites for hydroxylation is 2. The van der Waals surface area contributed by atoms with E-state index in [9.17, 15) is 0 Å². The summed E-state index contributed by atoms with van der Waals surface area (Å²) >= 11 is 0. The molecule has 42 heavy (non-hydrogen) atoms. The molecule has 224 valence electrons. The van der Waals surface area contributed by atoms with Crippen LogP contribution in [-0.2, 0) is 12.8 Å². The van der Waals surface area contributed by atoms with Gasteiger partial charge in [0.25, 0.3) is 0 Å². The van der Waals surface area contributed by atoms with Gasteiger partial charge in [-0.25, -0.2) is 0 Å². The zero-order chi connectivity index (χ0) is 28.7. The van der Waals surface area contributed by atoms with Crippen molar-refractivity contribution >= 4 is 22.3 Å². The Morgan fingerprint density at radius 2 is 1.55 bits per heavy atom. The molecule has 4 nitrogen and oxygen atoms in total. The van der Waals surface area contributed by atoms with Crippen LogP contribution in [0.3, 0.4) is 0 Å². The molecule has 0 bridgehead atoms. The van der Waals surface area contributed by atoms with Crippen molar-refractivity contribution in [2.45, 2.75) is 123 Å². The average molecular weight is 565 g/mol. The van der Waals surface area contributed by atoms with Crippen LogP contribution in [0.2, 0.25) is 0 Å². The topological polar surface area (TPSA) is 49.3 Å². The molecule has 1 aliphatic heterocycles. The van der Waals surface area contributed by atoms with Crippen molar-refractivity contribution in [1.29, 1.82) is 0 Å². The summed E-state index contributed by atoms with van der Waals surface area (Å²) in [6, 6.07) is 7.20. The van der Waals surface area contributed by atoms with Crippen molar-refractivity contribution in [3.63, 3.8) is 0 Å². The van der Waals surface area contributed by atoms with Gasteiger partial charge in [0.05, 0.1) is 5.52 Å². The van der Waals surface area contributed by atoms with Gasteiger partial charge in [-0.3, -0.25) is 9.98 Å². The van der Waals surface area contributed by atoms with Crippen LogP contribution in [0.1, 0.15) is 114 Å². The summed E-state index contributed by atoms with van der Waals surface area (Å²) < 4.78 is 0. The monoisotopic (exact) mass is 564 g/mol. The molecule has 2 heterocycles. The Labute approximate surface area is 254 Å². The van der Waals surface area contributed by atoms with E-state index in [0.29, 0.717) is 12.0 Å². The number of anilines is 1. The zero-order valence-electron chi connectivity index (χ0n) is 26.2. The third-order valence-electron chi connectivity index (χ3n) is 9.97. The summed E-state index contributed by atoms with van der Waals surface area (Å²) in [6.45, 7) is 6.57. The van der Waals surface area contributed by atoms with E-state index in [2.05, 4.69) is 60.9 Å². The van der Waals surface area contributed by atoms with E-state index in [0.717, 1.165) is 37.9 Å². The first kappa shape index (κ1) is 29.4. The number of aromatic nitrogens is 1. The normalized spacial score (nSPS) is 22.6. The number of hydrogen-bond acceptors (Lipinski definition) is 4. The molecule has 3 aliphatic carbocycles. The molecule has 1 unspecified atom stereocenters. The highest BCUT2D eigenvalue weighted by Gasteiger charge is 2.33. The maximum Gasteiger partial charge on any atom is 0.0726 e. The van der Waals surface area contributed by atoms with Crippen LogP contribution in [0, 0.1) is 12.8 Å². The van der Waals surface area contributed by atoms with Crippen LogP contribution in [0.5, 0.6) is 0 Å². The first-order valence-corrected chi connectivity index (χ1v) is 17.2. The molecule has 4 aliphatic rings. The predicted molar refractivity (Wildman–Crippen MR) is 180 cm³/mol. The second kappa shape index (κ2) is 14.2. The van der Waals surface area contributed by atoms with Gasteiger partial charge in [-0.1, -0.05) is 67.9 Å². The number of nitrogens with one attached hydrogen (secondary N) is 2. The number of fused-ring (bicyclic) bond motifs is 3. The van der Waals surface area contributed by atoms with Crippen LogP contribution in [0.25, 0.3) is 10.9 Å². The number of pyridine rings is 1. The number of rotatable bonds is 9. The molecular formula is C38H52N4. The van der Waals surface area contributed by atoms with Gasteiger partial charge in [0.2, 0.25) is 0 Å². The van der Waals surface area contributed by atoms with Gasteiger partial charge in [-0.2, -0.15) is 0 Å². The fraction of sp³-hybridized carbons (Fsp3) is 0.579. The lowest BCUT2D eigenvalue weighted by atomic mass is 9.78. The Hall–Kier alpha value is -2.72. The van der Waals surface area contributed by atoms with Gasteiger partial charge in [-0.15, -0.1) is 0 Å². The molecule has 4 heteroatoms. The molecule has 6 rings (SSSR count). The summed E-state index contributed by atoms with van der Waals surface area (Å²) in [5.74, 6) is 0.399. The van der Waals surface area contributed by atoms with Crippen molar-refractivity contribution < 1.29 is 0 Å². The van der Waals surface area contributed by atoms with E-state index in [4.69, 9.17) is 9.98 Å². The number of hydrogen-bond donors (Lipinski definition) is 2. The van der Waals surface area contributed by atoms with Crippen LogP contribution in [-0.4, -0.2) is 29.8 Å². The minimum absolute atomic E-state index is 0.399. The van der Waals surface area contributed by atoms with Gasteiger partial charge >= 0.3 is 0 Å². The van der Waals surface area contributed by atoms with Gasteiger partial charge in [0, 0.05) is 46.7 Å². The van der Waals surface area contributed by atoms with E-state index in [1.165, 1.54) is 128 Å². The molecule has 0 saturated carbocycles. The van der Waals surface area contributed by atoms with Crippen LogP contribution < -0.4 is 10.6 Å². The quantitative estimate of drug-likeness (QED) is 0.298. The Bertz CT molecular complexity index is 1380. The Morgan fingerprint density at radius 1 is 0.786 bits per heavy atom. The molecule has 0 radical (unpaired) electrons. The van der Waals surface area contributed by atoms with E-state index in [1.54, 1.807) is 5.57 Å². The predicted octanol–water partition coefficient (Wildman–Crippen LogP) is 9.33. The van der Waals surface area contributed by atoms with Gasteiger partial charge in [0.1, 0.15) is 0 Å². The maximum absolute atomic E-state index is 5.19. The lowest BCUT2D eigenvalue weighted by molar-refractivity contribution is 0.465. The lowest BCUT2D eigenvalue weighted by Crippen LogP contribution is -2.44. The standard InChI is InChI=1S/C38H52N4/c1-27-19-21-35-31(25-27)37(29-15-9-3-5-11-17-33(29)41-35)39-23-13-7-8-14-24-40-38-30-16-10-4-6-12-18-34(30)42-36-22-20-28(2)26-32(36)38/h19-22,25-26,31,37,39H,3-18,23-24H2,1-2H3,(H,40,42)/t31-,37?/m1/s1. The molecule has 1 aromatic carbocycles. The van der Waals surface area contributed by atoms with E-state index in [1.807, 2.05) is 0 Å². The van der Waals surface area contributed by atoms with Crippen LogP contribution >= 0.6 is 0 Å². The van der Waals surface area contributed by atoms with E-state index >= 15 is 0 Å². The number of allylic oxidation sites excluding steroid dienone is 4. The molecule has 0 spiro atoms. The van der Waals surface area contributed by atoms with Crippen molar-refractivity contribution in [3.8, 4) is 0 Å². The van der Waals surface area contributed by atoms with Gasteiger partial charge in [-0.05, 0) is 114 Å². The fourth-order valence-electron chi connectivity index (χ4n) is 7.65. The Balaban J connectivity index is 1.03. The summed E-state index contributed by atoms with van der Waals surface area (Å²) in [4.78, 5) is 10.3. The molecule has 2 atom stereocenters. The highest BCUT2D eigenvalue weighted by molar-refractivity contribution is 6.02. The van der Waals surface area contributed by atoms with E-state index in [-0.39, 0.29) is 0 Å². The van der Waals surface area contributed by atoms with Gasteiger partial charge < -0.3 is 10.6 Å². The lowest BCUT2D eigenvalue weighted by Gasteiger charge is -2.36. The van der Waals surface area contributed by atoms with Crippen molar-refractivity contribution in [3.05, 3.63) is 70.1 Å². The number of nitrogens with zero attached hydrogens (tertiary/aromatic N) is 2. The highest BCUT2D eigenvalue weighted by atomic mass is 15.0. The molecule has 0 fully saturated rings. The smallest absolute Gasteiger partial charge is 0.0726 e. The second-order valence-corrected chi connectivity index (χ2v) is 13.3. The van der Waals surface area contributed by atoms with Crippen LogP contribution in [0.15, 0.2) is 58.3 Å². The minimum Gasteiger partial charge on any atom is -0.384 e. The molecule has 2 aromatic rings. The number of aliphatic imine (C=N–C) groups is 1. The van der Waals surface area contributed by atoms with Crippen molar-refractivity contribution in [2.24, 2.45) is 10.9 Å². The van der Waals surface area contributed by atoms with Crippen molar-refractivity contribution in [1.82, 2.24) is 10.3 Å². The zero-order valence-corrected chi connectivity index (χ0v) is 26.2. The fourth-order valence-corrected chi connectivity index (χ4v) is 7.65. The highest BCUT2D eigenvalue weighted by Crippen LogP contribution is 2.36. The molecule has 1 aromatic heterocycles. The first-order chi connectivity index (χ1) is 20.7. The largest absolute Gasteiger partial charge is 0.384 e. The summed E-state index contributed by atoms with van der Waals surface area (Å²) in [7, 11) is 0. The number of benzene rings is 1. The second-order valence-electron chi connectivity index (χ2n) is 13.3. The minimum atomic E-state index is 0.399. The SMILES string of the molecule is CC1=C[C@@H]2C(=NC3=C(CCCCCC3)C2NCCCCCCNc2c3c(nc4ccc(C)cc24)CCCCCC3)C=C1. The van der Waals surface area contributed by atoms with Crippen molar-refractivity contribution in [2.75, 3.05) is 18.4 Å².